The van der Waals surface area contributed by atoms with Crippen LogP contribution in [0.2, 0.25) is 0 Å². The molecule has 1 N–H and O–H groups in total. The fourth-order valence-electron chi connectivity index (χ4n) is 1.98. The van der Waals surface area contributed by atoms with E-state index in [1.807, 2.05) is 6.07 Å². The number of amides is 1. The van der Waals surface area contributed by atoms with Crippen molar-refractivity contribution in [1.82, 2.24) is 10.2 Å². The lowest BCUT2D eigenvalue weighted by molar-refractivity contribution is -0.117. The molecule has 5 heteroatoms. The predicted octanol–water partition coefficient (Wildman–Crippen LogP) is 1.03. The molecule has 1 amide bonds. The molecule has 0 spiro atoms. The largest absolute Gasteiger partial charge is 0.383 e. The first-order chi connectivity index (χ1) is 8.69. The van der Waals surface area contributed by atoms with Gasteiger partial charge in [-0.1, -0.05) is 0 Å². The number of hydrogen-bond donors (Lipinski definition) is 1. The van der Waals surface area contributed by atoms with E-state index >= 15 is 0 Å². The van der Waals surface area contributed by atoms with Crippen LogP contribution in [0.25, 0.3) is 0 Å². The van der Waals surface area contributed by atoms with Gasteiger partial charge in [-0.2, -0.15) is 5.26 Å². The van der Waals surface area contributed by atoms with Crippen LogP contribution in [0.3, 0.4) is 0 Å². The van der Waals surface area contributed by atoms with Crippen molar-refractivity contribution in [2.75, 3.05) is 26.8 Å². The van der Waals surface area contributed by atoms with Crippen LogP contribution in [0.5, 0.6) is 0 Å². The summed E-state index contributed by atoms with van der Waals surface area (Å²) in [5.74, 6) is -0.327. The van der Waals surface area contributed by atoms with Gasteiger partial charge in [0.05, 0.1) is 6.61 Å². The van der Waals surface area contributed by atoms with Gasteiger partial charge in [-0.05, 0) is 26.2 Å². The number of carbonyl (C=O) groups excluding carboxylic acids is 1. The van der Waals surface area contributed by atoms with E-state index in [1.165, 1.54) is 6.42 Å². The van der Waals surface area contributed by atoms with Gasteiger partial charge in [0.25, 0.3) is 5.91 Å². The zero-order valence-electron chi connectivity index (χ0n) is 11.1. The number of rotatable bonds is 5. The molecule has 1 aliphatic heterocycles. The van der Waals surface area contributed by atoms with E-state index in [-0.39, 0.29) is 11.5 Å². The van der Waals surface area contributed by atoms with Gasteiger partial charge in [0.15, 0.2) is 0 Å². The van der Waals surface area contributed by atoms with E-state index in [4.69, 9.17) is 10.00 Å². The normalized spacial score (nSPS) is 20.4. The third kappa shape index (κ3) is 4.38. The van der Waals surface area contributed by atoms with Crippen LogP contribution in [0, 0.1) is 11.3 Å². The van der Waals surface area contributed by atoms with Gasteiger partial charge in [-0.3, -0.25) is 4.79 Å². The number of hydrogen-bond acceptors (Lipinski definition) is 4. The van der Waals surface area contributed by atoms with Crippen molar-refractivity contribution >= 4 is 5.91 Å². The SMILES string of the molecule is COCCNC(=O)/C(C#N)=C\N1CCCCC1C. The third-order valence-electron chi connectivity index (χ3n) is 3.11. The summed E-state index contributed by atoms with van der Waals surface area (Å²) in [5.41, 5.74) is 0.167. The molecule has 1 rings (SSSR count). The molecule has 0 radical (unpaired) electrons. The Labute approximate surface area is 108 Å². The van der Waals surface area contributed by atoms with E-state index in [0.717, 1.165) is 19.4 Å². The summed E-state index contributed by atoms with van der Waals surface area (Å²) in [6, 6.07) is 2.36. The molecule has 0 aromatic heterocycles. The Bertz CT molecular complexity index is 347. The van der Waals surface area contributed by atoms with Crippen LogP contribution in [0.1, 0.15) is 26.2 Å². The number of ether oxygens (including phenoxy) is 1. The highest BCUT2D eigenvalue weighted by Gasteiger charge is 2.17. The number of nitrogens with zero attached hydrogens (tertiary/aromatic N) is 2. The van der Waals surface area contributed by atoms with Crippen LogP contribution in [0.15, 0.2) is 11.8 Å². The minimum Gasteiger partial charge on any atom is -0.383 e. The van der Waals surface area contributed by atoms with Gasteiger partial charge >= 0.3 is 0 Å². The van der Waals surface area contributed by atoms with Gasteiger partial charge in [-0.15, -0.1) is 0 Å². The second kappa shape index (κ2) is 7.72. The number of piperidine rings is 1. The average Bonchev–Trinajstić information content (AvgIpc) is 2.38. The summed E-state index contributed by atoms with van der Waals surface area (Å²) in [4.78, 5) is 13.8. The maximum atomic E-state index is 11.7. The van der Waals surface area contributed by atoms with E-state index in [9.17, 15) is 4.79 Å². The second-order valence-electron chi connectivity index (χ2n) is 4.49. The standard InChI is InChI=1S/C13H21N3O2/c1-11-5-3-4-7-16(11)10-12(9-14)13(17)15-6-8-18-2/h10-11H,3-8H2,1-2H3,(H,15,17)/b12-10-. The molecule has 0 bridgehead atoms. The van der Waals surface area contributed by atoms with Crippen molar-refractivity contribution in [2.45, 2.75) is 32.2 Å². The molecule has 1 unspecified atom stereocenters. The van der Waals surface area contributed by atoms with Crippen molar-refractivity contribution in [3.05, 3.63) is 11.8 Å². The molecule has 1 heterocycles. The smallest absolute Gasteiger partial charge is 0.263 e. The number of carbonyl (C=O) groups is 1. The fraction of sp³-hybridized carbons (Fsp3) is 0.692. The highest BCUT2D eigenvalue weighted by molar-refractivity contribution is 5.97. The Morgan fingerprint density at radius 1 is 1.61 bits per heavy atom. The molecule has 1 aliphatic rings. The molecule has 100 valence electrons. The van der Waals surface area contributed by atoms with Crippen LogP contribution < -0.4 is 5.32 Å². The lowest BCUT2D eigenvalue weighted by Gasteiger charge is -2.32. The first-order valence-corrected chi connectivity index (χ1v) is 6.34. The van der Waals surface area contributed by atoms with Gasteiger partial charge in [0, 0.05) is 32.4 Å². The number of likely N-dealkylation sites (tertiary alicyclic amines) is 1. The van der Waals surface area contributed by atoms with Crippen molar-refractivity contribution in [3.63, 3.8) is 0 Å². The first kappa shape index (κ1) is 14.5. The Morgan fingerprint density at radius 3 is 3.00 bits per heavy atom. The molecular weight excluding hydrogens is 230 g/mol. The van der Waals surface area contributed by atoms with Gasteiger partial charge < -0.3 is 15.0 Å². The summed E-state index contributed by atoms with van der Waals surface area (Å²) in [6.07, 6.45) is 5.13. The summed E-state index contributed by atoms with van der Waals surface area (Å²) >= 11 is 0. The minimum atomic E-state index is -0.327. The number of nitrogens with one attached hydrogen (secondary N) is 1. The van der Waals surface area contributed by atoms with E-state index in [1.54, 1.807) is 13.3 Å². The van der Waals surface area contributed by atoms with Gasteiger partial charge in [-0.25, -0.2) is 0 Å². The maximum Gasteiger partial charge on any atom is 0.263 e. The Balaban J connectivity index is 2.58. The summed E-state index contributed by atoms with van der Waals surface area (Å²) < 4.78 is 4.85. The lowest BCUT2D eigenvalue weighted by Crippen LogP contribution is -2.35. The van der Waals surface area contributed by atoms with Crippen LogP contribution in [-0.4, -0.2) is 43.7 Å². The first-order valence-electron chi connectivity index (χ1n) is 6.34. The zero-order valence-corrected chi connectivity index (χ0v) is 11.1. The molecule has 1 fully saturated rings. The van der Waals surface area contributed by atoms with Crippen molar-refractivity contribution in [1.29, 1.82) is 5.26 Å². The Morgan fingerprint density at radius 2 is 2.39 bits per heavy atom. The number of nitriles is 1. The van der Waals surface area contributed by atoms with Crippen LogP contribution in [-0.2, 0) is 9.53 Å². The molecule has 0 aliphatic carbocycles. The van der Waals surface area contributed by atoms with E-state index < -0.39 is 0 Å². The summed E-state index contributed by atoms with van der Waals surface area (Å²) in [7, 11) is 1.57. The second-order valence-corrected chi connectivity index (χ2v) is 4.49. The monoisotopic (exact) mass is 251 g/mol. The van der Waals surface area contributed by atoms with Crippen molar-refractivity contribution < 1.29 is 9.53 Å². The minimum absolute atomic E-state index is 0.167. The topological polar surface area (TPSA) is 65.4 Å². The Kier molecular flexibility index (Phi) is 6.23. The Hall–Kier alpha value is -1.54. The molecule has 1 saturated heterocycles. The number of methoxy groups -OCH3 is 1. The third-order valence-corrected chi connectivity index (χ3v) is 3.11. The zero-order chi connectivity index (χ0) is 13.4. The van der Waals surface area contributed by atoms with Crippen molar-refractivity contribution in [3.8, 4) is 6.07 Å². The van der Waals surface area contributed by atoms with E-state index in [2.05, 4.69) is 17.1 Å². The van der Waals surface area contributed by atoms with Crippen molar-refractivity contribution in [2.24, 2.45) is 0 Å². The molecule has 0 aromatic rings. The highest BCUT2D eigenvalue weighted by atomic mass is 16.5. The molecule has 0 saturated carbocycles. The quantitative estimate of drug-likeness (QED) is 0.450. The maximum absolute atomic E-state index is 11.7. The molecule has 1 atom stereocenters. The highest BCUT2D eigenvalue weighted by Crippen LogP contribution is 2.17. The lowest BCUT2D eigenvalue weighted by atomic mass is 10.0. The summed E-state index contributed by atoms with van der Waals surface area (Å²) in [5, 5.41) is 11.7. The van der Waals surface area contributed by atoms with Crippen LogP contribution >= 0.6 is 0 Å². The van der Waals surface area contributed by atoms with Crippen LogP contribution in [0.4, 0.5) is 0 Å². The van der Waals surface area contributed by atoms with E-state index in [0.29, 0.717) is 19.2 Å². The summed E-state index contributed by atoms with van der Waals surface area (Å²) in [6.45, 7) is 3.90. The predicted molar refractivity (Wildman–Crippen MR) is 68.6 cm³/mol. The fourth-order valence-corrected chi connectivity index (χ4v) is 1.98. The molecule has 0 aromatic carbocycles. The van der Waals surface area contributed by atoms with Gasteiger partial charge in [0.2, 0.25) is 0 Å². The van der Waals surface area contributed by atoms with Gasteiger partial charge in [0.1, 0.15) is 11.6 Å². The molecular formula is C13H21N3O2. The molecule has 18 heavy (non-hydrogen) atoms. The average molecular weight is 251 g/mol. The molecule has 5 nitrogen and oxygen atoms in total.